The van der Waals surface area contributed by atoms with E-state index in [0.29, 0.717) is 19.3 Å². The predicted molar refractivity (Wildman–Crippen MR) is 347 cm³/mol. The first-order valence-electron chi connectivity index (χ1n) is 34.4. The second-order valence-corrected chi connectivity index (χ2v) is 23.6. The number of carbonyl (C=O) groups is 2. The Bertz CT molecular complexity index is 1670. The van der Waals surface area contributed by atoms with Gasteiger partial charge in [0.2, 0.25) is 5.91 Å². The molecule has 8 unspecified atom stereocenters. The summed E-state index contributed by atoms with van der Waals surface area (Å²) in [7, 11) is 0. The first-order chi connectivity index (χ1) is 40.7. The Labute approximate surface area is 508 Å². The van der Waals surface area contributed by atoms with Gasteiger partial charge in [-0.15, -0.1) is 0 Å². The molecule has 0 saturated carbocycles. The Kier molecular flexibility index (Phi) is 55.5. The van der Waals surface area contributed by atoms with E-state index in [9.17, 15) is 35.1 Å². The molecule has 1 aliphatic rings. The number of esters is 1. The highest BCUT2D eigenvalue weighted by molar-refractivity contribution is 5.80. The van der Waals surface area contributed by atoms with Gasteiger partial charge >= 0.3 is 5.97 Å². The van der Waals surface area contributed by atoms with E-state index in [2.05, 4.69) is 92.9 Å². The van der Waals surface area contributed by atoms with E-state index in [4.69, 9.17) is 14.2 Å². The average molecular weight is 1170 g/mol. The van der Waals surface area contributed by atoms with Crippen LogP contribution in [0.25, 0.3) is 0 Å². The second-order valence-electron chi connectivity index (χ2n) is 23.6. The molecule has 1 rings (SSSR count). The van der Waals surface area contributed by atoms with Crippen molar-refractivity contribution in [3.63, 3.8) is 0 Å². The molecule has 1 aliphatic heterocycles. The van der Waals surface area contributed by atoms with Crippen LogP contribution in [0.1, 0.15) is 297 Å². The minimum atomic E-state index is -1.64. The zero-order valence-electron chi connectivity index (χ0n) is 53.3. The number of unbranched alkanes of at least 4 members (excludes halogenated alkanes) is 32. The number of aliphatic hydroxyl groups is 5. The Morgan fingerprint density at radius 1 is 0.470 bits per heavy atom. The number of hydrogen-bond donors (Lipinski definition) is 6. The van der Waals surface area contributed by atoms with Crippen LogP contribution in [0.15, 0.2) is 85.1 Å². The molecule has 0 radical (unpaired) electrons. The van der Waals surface area contributed by atoms with Crippen LogP contribution in [0.3, 0.4) is 0 Å². The minimum absolute atomic E-state index is 0.0458. The van der Waals surface area contributed by atoms with Gasteiger partial charge in [-0.1, -0.05) is 279 Å². The summed E-state index contributed by atoms with van der Waals surface area (Å²) in [5, 5.41) is 57.1. The van der Waals surface area contributed by atoms with Gasteiger partial charge in [-0.3, -0.25) is 9.59 Å². The molecule has 11 heteroatoms. The quantitative estimate of drug-likeness (QED) is 0.0195. The number of ether oxygens (including phenoxy) is 3. The van der Waals surface area contributed by atoms with Crippen molar-refractivity contribution in [1.29, 1.82) is 0 Å². The molecule has 480 valence electrons. The van der Waals surface area contributed by atoms with E-state index >= 15 is 0 Å². The van der Waals surface area contributed by atoms with Crippen molar-refractivity contribution in [2.45, 2.75) is 346 Å². The topological polar surface area (TPSA) is 175 Å². The van der Waals surface area contributed by atoms with Crippen LogP contribution < -0.4 is 5.32 Å². The predicted octanol–water partition coefficient (Wildman–Crippen LogP) is 17.3. The monoisotopic (exact) mass is 1170 g/mol. The summed E-state index contributed by atoms with van der Waals surface area (Å²) in [5.41, 5.74) is 0. The van der Waals surface area contributed by atoms with Gasteiger partial charge < -0.3 is 45.1 Å². The third kappa shape index (κ3) is 46.7. The zero-order chi connectivity index (χ0) is 60.3. The summed E-state index contributed by atoms with van der Waals surface area (Å²) in [5.74, 6) is -1.25. The van der Waals surface area contributed by atoms with Gasteiger partial charge in [0.1, 0.15) is 24.4 Å². The lowest BCUT2D eigenvalue weighted by Crippen LogP contribution is -2.61. The summed E-state index contributed by atoms with van der Waals surface area (Å²) >= 11 is 0. The molecule has 1 heterocycles. The van der Waals surface area contributed by atoms with Crippen molar-refractivity contribution in [1.82, 2.24) is 5.32 Å². The van der Waals surface area contributed by atoms with Gasteiger partial charge in [-0.25, -0.2) is 0 Å². The summed E-state index contributed by atoms with van der Waals surface area (Å²) in [6.07, 6.45) is 67.8. The maximum absolute atomic E-state index is 13.5. The lowest BCUT2D eigenvalue weighted by molar-refractivity contribution is -0.305. The Balaban J connectivity index is 2.58. The van der Waals surface area contributed by atoms with Crippen molar-refractivity contribution in [2.24, 2.45) is 0 Å². The van der Waals surface area contributed by atoms with Crippen molar-refractivity contribution in [3.8, 4) is 0 Å². The molecule has 1 fully saturated rings. The molecule has 8 atom stereocenters. The molecule has 0 spiro atoms. The highest BCUT2D eigenvalue weighted by Crippen LogP contribution is 2.26. The van der Waals surface area contributed by atoms with E-state index in [-0.39, 0.29) is 19.4 Å². The van der Waals surface area contributed by atoms with Crippen molar-refractivity contribution in [2.75, 3.05) is 13.2 Å². The maximum atomic E-state index is 13.5. The third-order valence-corrected chi connectivity index (χ3v) is 15.8. The van der Waals surface area contributed by atoms with E-state index in [0.717, 1.165) is 70.6 Å². The molecule has 1 amide bonds. The summed E-state index contributed by atoms with van der Waals surface area (Å²) in [6, 6.07) is -1.04. The molecule has 0 aromatic heterocycles. The first-order valence-corrected chi connectivity index (χ1v) is 34.4. The van der Waals surface area contributed by atoms with Crippen molar-refractivity contribution >= 4 is 11.9 Å². The van der Waals surface area contributed by atoms with Crippen LogP contribution in [0.4, 0.5) is 0 Å². The lowest BCUT2D eigenvalue weighted by Gasteiger charge is -2.41. The first kappa shape index (κ1) is 77.9. The van der Waals surface area contributed by atoms with Gasteiger partial charge in [0.25, 0.3) is 0 Å². The Morgan fingerprint density at radius 2 is 0.831 bits per heavy atom. The van der Waals surface area contributed by atoms with E-state index in [1.54, 1.807) is 6.08 Å². The van der Waals surface area contributed by atoms with E-state index in [1.165, 1.54) is 173 Å². The number of rotatable bonds is 58. The fourth-order valence-corrected chi connectivity index (χ4v) is 10.3. The van der Waals surface area contributed by atoms with Crippen LogP contribution >= 0.6 is 0 Å². The number of hydrogen-bond acceptors (Lipinski definition) is 10. The highest BCUT2D eigenvalue weighted by Gasteiger charge is 2.47. The maximum Gasteiger partial charge on any atom is 0.306 e. The van der Waals surface area contributed by atoms with E-state index in [1.807, 2.05) is 12.2 Å². The highest BCUT2D eigenvalue weighted by atomic mass is 16.7. The molecule has 1 saturated heterocycles. The van der Waals surface area contributed by atoms with Gasteiger partial charge in [0.05, 0.1) is 25.4 Å². The van der Waals surface area contributed by atoms with E-state index < -0.39 is 67.4 Å². The number of aliphatic hydroxyl groups excluding tert-OH is 5. The lowest BCUT2D eigenvalue weighted by atomic mass is 9.99. The van der Waals surface area contributed by atoms with Gasteiger partial charge in [0.15, 0.2) is 12.4 Å². The van der Waals surface area contributed by atoms with Crippen LogP contribution in [-0.4, -0.2) is 99.6 Å². The van der Waals surface area contributed by atoms with Crippen LogP contribution in [0, 0.1) is 0 Å². The van der Waals surface area contributed by atoms with Crippen molar-refractivity contribution in [3.05, 3.63) is 85.1 Å². The zero-order valence-corrected chi connectivity index (χ0v) is 53.3. The second kappa shape index (κ2) is 59.2. The fraction of sp³-hybridized carbons (Fsp3) is 0.778. The Hall–Kier alpha value is -3.16. The van der Waals surface area contributed by atoms with Crippen LogP contribution in [0.2, 0.25) is 0 Å². The van der Waals surface area contributed by atoms with Crippen LogP contribution in [0.5, 0.6) is 0 Å². The minimum Gasteiger partial charge on any atom is -0.454 e. The molecule has 6 N–H and O–H groups in total. The molecule has 11 nitrogen and oxygen atoms in total. The summed E-state index contributed by atoms with van der Waals surface area (Å²) < 4.78 is 17.6. The molecule has 0 bridgehead atoms. The molecule has 0 aromatic carbocycles. The number of nitrogens with one attached hydrogen (secondary N) is 1. The number of amides is 1. The molecular weight excluding hydrogens is 1040 g/mol. The third-order valence-electron chi connectivity index (χ3n) is 15.8. The molecule has 83 heavy (non-hydrogen) atoms. The smallest absolute Gasteiger partial charge is 0.306 e. The summed E-state index contributed by atoms with van der Waals surface area (Å²) in [4.78, 5) is 26.6. The average Bonchev–Trinajstić information content (AvgIpc) is 3.69. The van der Waals surface area contributed by atoms with Gasteiger partial charge in [-0.05, 0) is 96.3 Å². The van der Waals surface area contributed by atoms with Gasteiger partial charge in [-0.2, -0.15) is 0 Å². The Morgan fingerprint density at radius 3 is 1.27 bits per heavy atom. The molecular formula is C72H127NO10. The number of allylic oxidation sites excluding steroid dienone is 13. The molecule has 0 aromatic rings. The van der Waals surface area contributed by atoms with Crippen LogP contribution in [-0.2, 0) is 23.8 Å². The van der Waals surface area contributed by atoms with Crippen molar-refractivity contribution < 1.29 is 49.3 Å². The molecule has 0 aliphatic carbocycles. The number of carbonyl (C=O) groups excluding carboxylic acids is 2. The summed E-state index contributed by atoms with van der Waals surface area (Å²) in [6.45, 7) is 5.72. The SMILES string of the molecule is CCCCC/C=C\C/C=C\C/C=C\C/C=C\CCCC(=O)OC1C(OCC(NC(=O)C(O)CCCCCCCCCCCCCCCCCC/C=C\C/C=C\CCCCC)C(O)/C=C/CCCCCCCCCCC)OC(CO)C(O)C1O. The normalized spacial score (nSPS) is 19.1. The van der Waals surface area contributed by atoms with Gasteiger partial charge in [0, 0.05) is 6.42 Å². The standard InChI is InChI=1S/C72H127NO10/c1-4-7-10-13-16-19-22-24-26-28-29-30-31-32-33-34-35-36-38-39-41-44-47-50-53-56-59-65(76)71(80)73-63(64(75)58-55-52-49-46-43-21-18-15-12-9-6-3)62-81-72-70(69(79)68(78)66(61-74)82-72)83-67(77)60-57-54-51-48-45-42-40-37-27-25-23-20-17-14-11-8-5-2/h16-17,19-20,24-27,40,42,48,51,55,58,63-66,68-70,72,74-76,78-79H,4-15,18,21-23,28-39,41,43-47,49-50,52-54,56-57,59-62H2,1-3H3,(H,73,80)/b19-16-,20-17-,26-24-,27-25-,42-40-,51-48-,58-55+. The largest absolute Gasteiger partial charge is 0.454 e. The fourth-order valence-electron chi connectivity index (χ4n) is 10.3.